The van der Waals surface area contributed by atoms with Gasteiger partial charge in [0.2, 0.25) is 0 Å². The van der Waals surface area contributed by atoms with E-state index in [4.69, 9.17) is 0 Å². The third-order valence-electron chi connectivity index (χ3n) is 2.98. The Morgan fingerprint density at radius 3 is 2.53 bits per heavy atom. The highest BCUT2D eigenvalue weighted by Crippen LogP contribution is 2.21. The Bertz CT molecular complexity index is 637. The second kappa shape index (κ2) is 4.38. The van der Waals surface area contributed by atoms with E-state index in [-0.39, 0.29) is 0 Å². The van der Waals surface area contributed by atoms with Gasteiger partial charge in [0.05, 0.1) is 0 Å². The Morgan fingerprint density at radius 2 is 1.71 bits per heavy atom. The molecule has 1 nitrogen and oxygen atoms in total. The van der Waals surface area contributed by atoms with Crippen molar-refractivity contribution in [2.24, 2.45) is 0 Å². The van der Waals surface area contributed by atoms with Gasteiger partial charge in [0, 0.05) is 21.6 Å². The van der Waals surface area contributed by atoms with Crippen molar-refractivity contribution in [1.29, 1.82) is 0 Å². The van der Waals surface area contributed by atoms with Gasteiger partial charge < -0.3 is 4.98 Å². The lowest BCUT2D eigenvalue weighted by atomic mass is 10.0. The van der Waals surface area contributed by atoms with Gasteiger partial charge in [-0.2, -0.15) is 0 Å². The Labute approximate surface area is 109 Å². The lowest BCUT2D eigenvalue weighted by Gasteiger charge is -2.00. The number of nitrogens with one attached hydrogen (secondary N) is 1. The number of H-pyrrole nitrogens is 1. The molecule has 1 N–H and O–H groups in total. The molecule has 3 rings (SSSR count). The molecule has 0 saturated carbocycles. The predicted octanol–water partition coefficient (Wildman–Crippen LogP) is 4.52. The van der Waals surface area contributed by atoms with Crippen LogP contribution in [0, 0.1) is 0 Å². The molecule has 0 bridgehead atoms. The summed E-state index contributed by atoms with van der Waals surface area (Å²) in [6.45, 7) is 0. The third kappa shape index (κ3) is 2.13. The standard InChI is InChI=1S/C15H12BrN/c16-13-7-5-11(6-8-13)9-12-10-17-15-4-2-1-3-14(12)15/h1-8,10,17H,9H2. The van der Waals surface area contributed by atoms with Gasteiger partial charge in [-0.1, -0.05) is 46.3 Å². The minimum Gasteiger partial charge on any atom is -0.361 e. The van der Waals surface area contributed by atoms with Gasteiger partial charge in [-0.25, -0.2) is 0 Å². The number of hydrogen-bond donors (Lipinski definition) is 1. The van der Waals surface area contributed by atoms with E-state index >= 15 is 0 Å². The third-order valence-corrected chi connectivity index (χ3v) is 3.51. The van der Waals surface area contributed by atoms with Crippen LogP contribution in [0.2, 0.25) is 0 Å². The van der Waals surface area contributed by atoms with Crippen molar-refractivity contribution < 1.29 is 0 Å². The van der Waals surface area contributed by atoms with Gasteiger partial charge in [0.15, 0.2) is 0 Å². The zero-order valence-electron chi connectivity index (χ0n) is 9.28. The summed E-state index contributed by atoms with van der Waals surface area (Å²) in [4.78, 5) is 3.31. The number of benzene rings is 2. The maximum Gasteiger partial charge on any atom is 0.0456 e. The molecule has 0 atom stereocenters. The average Bonchev–Trinajstić information content (AvgIpc) is 2.76. The quantitative estimate of drug-likeness (QED) is 0.713. The minimum absolute atomic E-state index is 0.970. The van der Waals surface area contributed by atoms with Gasteiger partial charge in [-0.15, -0.1) is 0 Å². The fraction of sp³-hybridized carbons (Fsp3) is 0.0667. The SMILES string of the molecule is Brc1ccc(Cc2c[nH]c3ccccc23)cc1. The van der Waals surface area contributed by atoms with Crippen molar-refractivity contribution in [1.82, 2.24) is 4.98 Å². The van der Waals surface area contributed by atoms with Crippen LogP contribution in [-0.4, -0.2) is 4.98 Å². The smallest absolute Gasteiger partial charge is 0.0456 e. The van der Waals surface area contributed by atoms with Gasteiger partial charge in [0.25, 0.3) is 0 Å². The molecule has 0 amide bonds. The van der Waals surface area contributed by atoms with E-state index in [0.29, 0.717) is 0 Å². The van der Waals surface area contributed by atoms with Gasteiger partial charge >= 0.3 is 0 Å². The second-order valence-corrected chi connectivity index (χ2v) is 5.08. The van der Waals surface area contributed by atoms with E-state index in [1.807, 2.05) is 0 Å². The zero-order valence-corrected chi connectivity index (χ0v) is 10.9. The van der Waals surface area contributed by atoms with Crippen LogP contribution >= 0.6 is 15.9 Å². The lowest BCUT2D eigenvalue weighted by molar-refractivity contribution is 1.20. The normalized spacial score (nSPS) is 10.9. The van der Waals surface area contributed by atoms with Crippen LogP contribution < -0.4 is 0 Å². The molecular formula is C15H12BrN. The predicted molar refractivity (Wildman–Crippen MR) is 75.2 cm³/mol. The summed E-state index contributed by atoms with van der Waals surface area (Å²) in [6.07, 6.45) is 3.07. The number of aromatic nitrogens is 1. The number of fused-ring (bicyclic) bond motifs is 1. The van der Waals surface area contributed by atoms with Crippen LogP contribution in [0.25, 0.3) is 10.9 Å². The Kier molecular flexibility index (Phi) is 2.73. The maximum absolute atomic E-state index is 3.46. The number of para-hydroxylation sites is 1. The van der Waals surface area contributed by atoms with Crippen molar-refractivity contribution in [3.63, 3.8) is 0 Å². The summed E-state index contributed by atoms with van der Waals surface area (Å²) in [5, 5.41) is 1.32. The first-order chi connectivity index (χ1) is 8.33. The number of rotatable bonds is 2. The molecule has 2 heteroatoms. The lowest BCUT2D eigenvalue weighted by Crippen LogP contribution is -1.85. The highest BCUT2D eigenvalue weighted by molar-refractivity contribution is 9.10. The molecule has 0 fully saturated rings. The van der Waals surface area contributed by atoms with Crippen LogP contribution in [0.15, 0.2) is 59.2 Å². The van der Waals surface area contributed by atoms with Gasteiger partial charge in [0.1, 0.15) is 0 Å². The average molecular weight is 286 g/mol. The molecule has 0 unspecified atom stereocenters. The van der Waals surface area contributed by atoms with Crippen molar-refractivity contribution in [2.45, 2.75) is 6.42 Å². The van der Waals surface area contributed by atoms with Crippen LogP contribution in [-0.2, 0) is 6.42 Å². The largest absolute Gasteiger partial charge is 0.361 e. The summed E-state index contributed by atoms with van der Waals surface area (Å²) in [5.74, 6) is 0. The Balaban J connectivity index is 1.97. The molecule has 0 spiro atoms. The van der Waals surface area contributed by atoms with Crippen LogP contribution in [0.4, 0.5) is 0 Å². The first-order valence-corrected chi connectivity index (χ1v) is 6.42. The topological polar surface area (TPSA) is 15.8 Å². The fourth-order valence-corrected chi connectivity index (χ4v) is 2.36. The van der Waals surface area contributed by atoms with E-state index in [9.17, 15) is 0 Å². The molecule has 0 saturated heterocycles. The monoisotopic (exact) mass is 285 g/mol. The summed E-state index contributed by atoms with van der Waals surface area (Å²) >= 11 is 3.46. The number of hydrogen-bond acceptors (Lipinski definition) is 0. The Hall–Kier alpha value is -1.54. The fourth-order valence-electron chi connectivity index (χ4n) is 2.10. The molecule has 2 aromatic carbocycles. The molecule has 3 aromatic rings. The number of halogens is 1. The zero-order chi connectivity index (χ0) is 11.7. The van der Waals surface area contributed by atoms with Gasteiger partial charge in [-0.05, 0) is 35.7 Å². The summed E-state index contributed by atoms with van der Waals surface area (Å²) in [5.41, 5.74) is 3.89. The molecule has 84 valence electrons. The summed E-state index contributed by atoms with van der Waals surface area (Å²) in [6, 6.07) is 16.9. The minimum atomic E-state index is 0.970. The molecule has 0 aliphatic heterocycles. The molecule has 0 radical (unpaired) electrons. The van der Waals surface area contributed by atoms with E-state index in [2.05, 4.69) is 75.6 Å². The summed E-state index contributed by atoms with van der Waals surface area (Å²) in [7, 11) is 0. The van der Waals surface area contributed by atoms with Crippen molar-refractivity contribution >= 4 is 26.8 Å². The van der Waals surface area contributed by atoms with Crippen molar-refractivity contribution in [2.75, 3.05) is 0 Å². The van der Waals surface area contributed by atoms with Crippen molar-refractivity contribution in [3.05, 3.63) is 70.3 Å². The molecular weight excluding hydrogens is 274 g/mol. The second-order valence-electron chi connectivity index (χ2n) is 4.16. The maximum atomic E-state index is 3.46. The van der Waals surface area contributed by atoms with Crippen LogP contribution in [0.1, 0.15) is 11.1 Å². The highest BCUT2D eigenvalue weighted by Gasteiger charge is 2.03. The summed E-state index contributed by atoms with van der Waals surface area (Å²) < 4.78 is 1.13. The van der Waals surface area contributed by atoms with Gasteiger partial charge in [-0.3, -0.25) is 0 Å². The molecule has 1 aromatic heterocycles. The first-order valence-electron chi connectivity index (χ1n) is 5.62. The first kappa shape index (κ1) is 10.6. The van der Waals surface area contributed by atoms with E-state index in [1.165, 1.54) is 22.0 Å². The Morgan fingerprint density at radius 1 is 0.941 bits per heavy atom. The molecule has 0 aliphatic rings. The molecule has 0 aliphatic carbocycles. The van der Waals surface area contributed by atoms with E-state index in [0.717, 1.165) is 10.9 Å². The van der Waals surface area contributed by atoms with E-state index < -0.39 is 0 Å². The van der Waals surface area contributed by atoms with Crippen LogP contribution in [0.5, 0.6) is 0 Å². The molecule has 1 heterocycles. The van der Waals surface area contributed by atoms with Crippen LogP contribution in [0.3, 0.4) is 0 Å². The van der Waals surface area contributed by atoms with E-state index in [1.54, 1.807) is 0 Å². The number of aromatic amines is 1. The highest BCUT2D eigenvalue weighted by atomic mass is 79.9. The molecule has 17 heavy (non-hydrogen) atoms. The van der Waals surface area contributed by atoms with Crippen molar-refractivity contribution in [3.8, 4) is 0 Å².